The SMILES string of the molecule is CCn1nc(C)cc1C(=O)NCc1sccc1C#CCO. The molecule has 0 bridgehead atoms. The average molecular weight is 303 g/mol. The smallest absolute Gasteiger partial charge is 0.269 e. The number of hydrogen-bond acceptors (Lipinski definition) is 4. The van der Waals surface area contributed by atoms with Gasteiger partial charge in [0.15, 0.2) is 0 Å². The summed E-state index contributed by atoms with van der Waals surface area (Å²) in [6, 6.07) is 3.66. The molecule has 0 saturated heterocycles. The number of aliphatic hydroxyl groups excluding tert-OH is 1. The Bertz CT molecular complexity index is 691. The number of hydrogen-bond donors (Lipinski definition) is 2. The molecule has 0 unspecified atom stereocenters. The predicted octanol–water partition coefficient (Wildman–Crippen LogP) is 1.55. The number of nitrogens with one attached hydrogen (secondary N) is 1. The summed E-state index contributed by atoms with van der Waals surface area (Å²) in [6.45, 7) is 4.72. The van der Waals surface area contributed by atoms with Crippen molar-refractivity contribution in [3.05, 3.63) is 39.3 Å². The number of nitrogens with zero attached hydrogens (tertiary/aromatic N) is 2. The predicted molar refractivity (Wildman–Crippen MR) is 82.1 cm³/mol. The van der Waals surface area contributed by atoms with E-state index in [0.717, 1.165) is 16.1 Å². The lowest BCUT2D eigenvalue weighted by molar-refractivity contribution is 0.0940. The largest absolute Gasteiger partial charge is 0.384 e. The highest BCUT2D eigenvalue weighted by Gasteiger charge is 2.13. The lowest BCUT2D eigenvalue weighted by Crippen LogP contribution is -2.25. The van der Waals surface area contributed by atoms with Crippen LogP contribution in [0.15, 0.2) is 17.5 Å². The van der Waals surface area contributed by atoms with Crippen LogP contribution >= 0.6 is 11.3 Å². The molecule has 0 fully saturated rings. The van der Waals surface area contributed by atoms with Crippen LogP contribution in [0.2, 0.25) is 0 Å². The molecule has 5 nitrogen and oxygen atoms in total. The molecule has 1 amide bonds. The van der Waals surface area contributed by atoms with Crippen molar-refractivity contribution in [2.75, 3.05) is 6.61 Å². The van der Waals surface area contributed by atoms with Crippen LogP contribution in [-0.4, -0.2) is 27.4 Å². The minimum atomic E-state index is -0.170. The second-order valence-electron chi connectivity index (χ2n) is 4.39. The molecule has 110 valence electrons. The van der Waals surface area contributed by atoms with Gasteiger partial charge >= 0.3 is 0 Å². The number of aromatic nitrogens is 2. The first-order chi connectivity index (χ1) is 10.2. The molecule has 0 aliphatic carbocycles. The number of aryl methyl sites for hydroxylation is 2. The average Bonchev–Trinajstić information content (AvgIpc) is 3.08. The maximum absolute atomic E-state index is 12.2. The van der Waals surface area contributed by atoms with E-state index in [9.17, 15) is 4.79 Å². The normalized spacial score (nSPS) is 10.0. The Morgan fingerprint density at radius 1 is 1.57 bits per heavy atom. The highest BCUT2D eigenvalue weighted by Crippen LogP contribution is 2.15. The second kappa shape index (κ2) is 7.07. The third kappa shape index (κ3) is 3.72. The summed E-state index contributed by atoms with van der Waals surface area (Å²) in [6.07, 6.45) is 0. The number of amides is 1. The highest BCUT2D eigenvalue weighted by molar-refractivity contribution is 7.10. The summed E-state index contributed by atoms with van der Waals surface area (Å²) >= 11 is 1.53. The molecule has 6 heteroatoms. The van der Waals surface area contributed by atoms with Gasteiger partial charge in [0.2, 0.25) is 0 Å². The molecular weight excluding hydrogens is 286 g/mol. The van der Waals surface area contributed by atoms with E-state index in [0.29, 0.717) is 18.8 Å². The molecule has 21 heavy (non-hydrogen) atoms. The molecule has 0 spiro atoms. The molecular formula is C15H17N3O2S. The van der Waals surface area contributed by atoms with Gasteiger partial charge in [-0.15, -0.1) is 11.3 Å². The van der Waals surface area contributed by atoms with Gasteiger partial charge in [-0.2, -0.15) is 5.10 Å². The second-order valence-corrected chi connectivity index (χ2v) is 5.39. The Hall–Kier alpha value is -2.10. The Labute approximate surface area is 127 Å². The highest BCUT2D eigenvalue weighted by atomic mass is 32.1. The van der Waals surface area contributed by atoms with Gasteiger partial charge in [0.1, 0.15) is 12.3 Å². The monoisotopic (exact) mass is 303 g/mol. The molecule has 0 saturated carbocycles. The van der Waals surface area contributed by atoms with Crippen LogP contribution in [0.4, 0.5) is 0 Å². The molecule has 2 N–H and O–H groups in total. The molecule has 0 aliphatic heterocycles. The van der Waals surface area contributed by atoms with E-state index in [2.05, 4.69) is 22.3 Å². The summed E-state index contributed by atoms with van der Waals surface area (Å²) in [4.78, 5) is 13.2. The zero-order valence-corrected chi connectivity index (χ0v) is 12.8. The first kappa shape index (κ1) is 15.3. The molecule has 0 aliphatic rings. The van der Waals surface area contributed by atoms with E-state index in [-0.39, 0.29) is 12.5 Å². The van der Waals surface area contributed by atoms with Crippen LogP contribution in [-0.2, 0) is 13.1 Å². The summed E-state index contributed by atoms with van der Waals surface area (Å²) in [5.41, 5.74) is 2.23. The van der Waals surface area contributed by atoms with Crippen molar-refractivity contribution in [2.45, 2.75) is 26.9 Å². The van der Waals surface area contributed by atoms with Crippen molar-refractivity contribution < 1.29 is 9.90 Å². The number of carbonyl (C=O) groups excluding carboxylic acids is 1. The minimum absolute atomic E-state index is 0.146. The van der Waals surface area contributed by atoms with E-state index >= 15 is 0 Å². The van der Waals surface area contributed by atoms with E-state index in [1.807, 2.05) is 25.3 Å². The van der Waals surface area contributed by atoms with E-state index in [1.54, 1.807) is 10.7 Å². The fraction of sp³-hybridized carbons (Fsp3) is 0.333. The van der Waals surface area contributed by atoms with Gasteiger partial charge in [0.05, 0.1) is 12.2 Å². The maximum atomic E-state index is 12.2. The van der Waals surface area contributed by atoms with Gasteiger partial charge in [-0.3, -0.25) is 9.48 Å². The molecule has 0 radical (unpaired) electrons. The first-order valence-electron chi connectivity index (χ1n) is 6.64. The van der Waals surface area contributed by atoms with Gasteiger partial charge in [0.25, 0.3) is 5.91 Å². The molecule has 2 rings (SSSR count). The van der Waals surface area contributed by atoms with Crippen molar-refractivity contribution >= 4 is 17.2 Å². The quantitative estimate of drug-likeness (QED) is 0.842. The van der Waals surface area contributed by atoms with Crippen LogP contribution < -0.4 is 5.32 Å². The lowest BCUT2D eigenvalue weighted by Gasteiger charge is -2.06. The fourth-order valence-electron chi connectivity index (χ4n) is 1.94. The van der Waals surface area contributed by atoms with Crippen LogP contribution in [0, 0.1) is 18.8 Å². The standard InChI is InChI=1S/C15H17N3O2S/c1-3-18-13(9-11(2)17-18)15(20)16-10-14-12(5-4-7-19)6-8-21-14/h6,8-9,19H,3,7,10H2,1-2H3,(H,16,20). The third-order valence-electron chi connectivity index (χ3n) is 2.89. The molecule has 0 atom stereocenters. The maximum Gasteiger partial charge on any atom is 0.269 e. The van der Waals surface area contributed by atoms with Crippen molar-refractivity contribution in [2.24, 2.45) is 0 Å². The number of rotatable bonds is 4. The lowest BCUT2D eigenvalue weighted by atomic mass is 10.2. The zero-order chi connectivity index (χ0) is 15.2. The summed E-state index contributed by atoms with van der Waals surface area (Å²) in [7, 11) is 0. The van der Waals surface area contributed by atoms with Gasteiger partial charge < -0.3 is 10.4 Å². The zero-order valence-electron chi connectivity index (χ0n) is 12.0. The Kier molecular flexibility index (Phi) is 5.14. The Morgan fingerprint density at radius 2 is 2.38 bits per heavy atom. The summed E-state index contributed by atoms with van der Waals surface area (Å²) < 4.78 is 1.69. The minimum Gasteiger partial charge on any atom is -0.384 e. The third-order valence-corrected chi connectivity index (χ3v) is 3.81. The number of carbonyl (C=O) groups is 1. The van der Waals surface area contributed by atoms with Crippen molar-refractivity contribution in [1.82, 2.24) is 15.1 Å². The van der Waals surface area contributed by atoms with E-state index < -0.39 is 0 Å². The van der Waals surface area contributed by atoms with Gasteiger partial charge in [-0.05, 0) is 31.4 Å². The number of thiophene rings is 1. The van der Waals surface area contributed by atoms with Crippen molar-refractivity contribution in [3.8, 4) is 11.8 Å². The summed E-state index contributed by atoms with van der Waals surface area (Å²) in [5, 5.41) is 17.8. The van der Waals surface area contributed by atoms with Crippen molar-refractivity contribution in [1.29, 1.82) is 0 Å². The van der Waals surface area contributed by atoms with Crippen LogP contribution in [0.25, 0.3) is 0 Å². The Balaban J connectivity index is 2.06. The topological polar surface area (TPSA) is 67.2 Å². The molecule has 0 aromatic carbocycles. The number of aliphatic hydroxyl groups is 1. The van der Waals surface area contributed by atoms with Crippen molar-refractivity contribution in [3.63, 3.8) is 0 Å². The Morgan fingerprint density at radius 3 is 3.10 bits per heavy atom. The van der Waals surface area contributed by atoms with Gasteiger partial charge in [-0.1, -0.05) is 11.8 Å². The fourth-order valence-corrected chi connectivity index (χ4v) is 2.71. The van der Waals surface area contributed by atoms with Gasteiger partial charge in [-0.25, -0.2) is 0 Å². The van der Waals surface area contributed by atoms with Crippen LogP contribution in [0.3, 0.4) is 0 Å². The molecule has 2 aromatic heterocycles. The van der Waals surface area contributed by atoms with E-state index in [1.165, 1.54) is 11.3 Å². The van der Waals surface area contributed by atoms with Crippen LogP contribution in [0.1, 0.15) is 33.5 Å². The molecule has 2 aromatic rings. The molecule has 2 heterocycles. The van der Waals surface area contributed by atoms with Crippen LogP contribution in [0.5, 0.6) is 0 Å². The summed E-state index contributed by atoms with van der Waals surface area (Å²) in [5.74, 6) is 5.35. The first-order valence-corrected chi connectivity index (χ1v) is 7.52. The van der Waals surface area contributed by atoms with E-state index in [4.69, 9.17) is 5.11 Å². The van der Waals surface area contributed by atoms with Gasteiger partial charge in [0, 0.05) is 17.0 Å².